The van der Waals surface area contributed by atoms with Crippen molar-refractivity contribution in [3.05, 3.63) is 35.4 Å². The van der Waals surface area contributed by atoms with E-state index in [0.29, 0.717) is 18.8 Å². The molecule has 0 N–H and O–H groups in total. The molecule has 0 fully saturated rings. The second-order valence-electron chi connectivity index (χ2n) is 3.84. The molecule has 18 heavy (non-hydrogen) atoms. The van der Waals surface area contributed by atoms with Crippen LogP contribution in [0.2, 0.25) is 0 Å². The number of hydrogen-bond donors (Lipinski definition) is 0. The quantitative estimate of drug-likeness (QED) is 0.405. The molecule has 0 unspecified atom stereocenters. The predicted octanol–water partition coefficient (Wildman–Crippen LogP) is 2.76. The van der Waals surface area contributed by atoms with Crippen LogP contribution in [0.5, 0.6) is 0 Å². The Hall–Kier alpha value is -1.39. The Bertz CT molecular complexity index is 345. The average Bonchev–Trinajstić information content (AvgIpc) is 2.39. The van der Waals surface area contributed by atoms with Crippen LogP contribution in [0.15, 0.2) is 24.3 Å². The molecule has 1 aromatic rings. The van der Waals surface area contributed by atoms with Gasteiger partial charge in [0.2, 0.25) is 0 Å². The van der Waals surface area contributed by atoms with Crippen molar-refractivity contribution in [2.45, 2.75) is 26.7 Å². The minimum Gasteiger partial charge on any atom is -0.379 e. The van der Waals surface area contributed by atoms with Gasteiger partial charge in [-0.25, -0.2) is 4.79 Å². The van der Waals surface area contributed by atoms with Gasteiger partial charge in [-0.05, 0) is 31.0 Å². The Morgan fingerprint density at radius 1 is 1.11 bits per heavy atom. The van der Waals surface area contributed by atoms with Crippen molar-refractivity contribution in [3.8, 4) is 0 Å². The Balaban J connectivity index is 2.32. The van der Waals surface area contributed by atoms with Crippen molar-refractivity contribution in [1.82, 2.24) is 0 Å². The lowest BCUT2D eigenvalue weighted by Crippen LogP contribution is -2.10. The van der Waals surface area contributed by atoms with E-state index >= 15 is 0 Å². The number of carbonyl (C=O) groups is 1. The highest BCUT2D eigenvalue weighted by Crippen LogP contribution is 2.08. The molecule has 100 valence electrons. The molecule has 0 radical (unpaired) electrons. The second-order valence-corrected chi connectivity index (χ2v) is 3.84. The maximum atomic E-state index is 11.6. The highest BCUT2D eigenvalue weighted by atomic mass is 17.2. The van der Waals surface area contributed by atoms with E-state index in [9.17, 15) is 4.79 Å². The van der Waals surface area contributed by atoms with Crippen molar-refractivity contribution in [2.24, 2.45) is 0 Å². The third-order valence-corrected chi connectivity index (χ3v) is 2.38. The average molecular weight is 252 g/mol. The number of carbonyl (C=O) groups excluding carboxylic acids is 1. The summed E-state index contributed by atoms with van der Waals surface area (Å²) in [6, 6.07) is 7.36. The lowest BCUT2D eigenvalue weighted by atomic mass is 10.1. The molecule has 0 aliphatic heterocycles. The fourth-order valence-corrected chi connectivity index (χ4v) is 1.48. The summed E-state index contributed by atoms with van der Waals surface area (Å²) >= 11 is 0. The number of ether oxygens (including phenoxy) is 1. The van der Waals surface area contributed by atoms with E-state index in [2.05, 4.69) is 11.8 Å². The molecule has 0 saturated carbocycles. The molecule has 0 saturated heterocycles. The first-order valence-corrected chi connectivity index (χ1v) is 6.28. The van der Waals surface area contributed by atoms with Gasteiger partial charge in [0.25, 0.3) is 0 Å². The lowest BCUT2D eigenvalue weighted by Gasteiger charge is -2.04. The van der Waals surface area contributed by atoms with Crippen molar-refractivity contribution < 1.29 is 19.3 Å². The summed E-state index contributed by atoms with van der Waals surface area (Å²) in [5, 5.41) is 0. The smallest absolute Gasteiger partial charge is 0.373 e. The molecule has 4 heteroatoms. The van der Waals surface area contributed by atoms with Crippen LogP contribution in [-0.2, 0) is 20.9 Å². The van der Waals surface area contributed by atoms with Gasteiger partial charge in [-0.15, -0.1) is 0 Å². The normalized spacial score (nSPS) is 10.3. The number of rotatable bonds is 8. The topological polar surface area (TPSA) is 44.8 Å². The van der Waals surface area contributed by atoms with Crippen LogP contribution < -0.4 is 0 Å². The maximum Gasteiger partial charge on any atom is 0.373 e. The summed E-state index contributed by atoms with van der Waals surface area (Å²) < 4.78 is 5.05. The fourth-order valence-electron chi connectivity index (χ4n) is 1.48. The van der Waals surface area contributed by atoms with E-state index in [1.807, 2.05) is 19.1 Å². The van der Waals surface area contributed by atoms with Gasteiger partial charge in [0.1, 0.15) is 6.61 Å². The van der Waals surface area contributed by atoms with Gasteiger partial charge >= 0.3 is 5.97 Å². The molecule has 0 aliphatic carbocycles. The summed E-state index contributed by atoms with van der Waals surface area (Å²) in [4.78, 5) is 21.0. The van der Waals surface area contributed by atoms with Crippen molar-refractivity contribution in [3.63, 3.8) is 0 Å². The molecule has 0 spiro atoms. The lowest BCUT2D eigenvalue weighted by molar-refractivity contribution is -0.247. The van der Waals surface area contributed by atoms with Gasteiger partial charge in [0.05, 0.1) is 12.2 Å². The summed E-state index contributed by atoms with van der Waals surface area (Å²) in [5.74, 6) is -0.477. The van der Waals surface area contributed by atoms with Crippen LogP contribution in [0.1, 0.15) is 36.2 Å². The predicted molar refractivity (Wildman–Crippen MR) is 68.3 cm³/mol. The minimum absolute atomic E-state index is 0.244. The molecule has 4 nitrogen and oxygen atoms in total. The van der Waals surface area contributed by atoms with Gasteiger partial charge in [-0.2, -0.15) is 4.89 Å². The molecule has 0 atom stereocenters. The van der Waals surface area contributed by atoms with Gasteiger partial charge < -0.3 is 4.74 Å². The number of aryl methyl sites for hydroxylation is 1. The summed E-state index contributed by atoms with van der Waals surface area (Å²) in [5.41, 5.74) is 1.71. The Labute approximate surface area is 108 Å². The molecule has 0 amide bonds. The van der Waals surface area contributed by atoms with E-state index in [1.165, 1.54) is 5.56 Å². The zero-order valence-electron chi connectivity index (χ0n) is 11.0. The second kappa shape index (κ2) is 8.66. The largest absolute Gasteiger partial charge is 0.379 e. The molecule has 0 heterocycles. The van der Waals surface area contributed by atoms with E-state index in [4.69, 9.17) is 9.62 Å². The van der Waals surface area contributed by atoms with Crippen molar-refractivity contribution in [1.29, 1.82) is 0 Å². The zero-order valence-corrected chi connectivity index (χ0v) is 11.0. The Morgan fingerprint density at radius 2 is 1.83 bits per heavy atom. The highest BCUT2D eigenvalue weighted by molar-refractivity contribution is 5.88. The number of benzene rings is 1. The van der Waals surface area contributed by atoms with E-state index in [0.717, 1.165) is 12.8 Å². The Morgan fingerprint density at radius 3 is 2.44 bits per heavy atom. The van der Waals surface area contributed by atoms with E-state index < -0.39 is 5.97 Å². The van der Waals surface area contributed by atoms with Crippen LogP contribution in [0.25, 0.3) is 0 Å². The van der Waals surface area contributed by atoms with Crippen LogP contribution in [0.3, 0.4) is 0 Å². The van der Waals surface area contributed by atoms with Crippen LogP contribution in [0, 0.1) is 0 Å². The molecule has 1 aromatic carbocycles. The van der Waals surface area contributed by atoms with E-state index in [-0.39, 0.29) is 6.61 Å². The van der Waals surface area contributed by atoms with E-state index in [1.54, 1.807) is 12.1 Å². The molecular formula is C14H20O4. The van der Waals surface area contributed by atoms with Crippen molar-refractivity contribution >= 4 is 5.97 Å². The number of hydrogen-bond acceptors (Lipinski definition) is 4. The zero-order chi connectivity index (χ0) is 13.2. The third-order valence-electron chi connectivity index (χ3n) is 2.38. The van der Waals surface area contributed by atoms with Crippen LogP contribution >= 0.6 is 0 Å². The van der Waals surface area contributed by atoms with Crippen LogP contribution in [0.4, 0.5) is 0 Å². The first kappa shape index (κ1) is 14.7. The van der Waals surface area contributed by atoms with Gasteiger partial charge in [0, 0.05) is 6.61 Å². The monoisotopic (exact) mass is 252 g/mol. The maximum absolute atomic E-state index is 11.6. The molecule has 0 bridgehead atoms. The summed E-state index contributed by atoms with van der Waals surface area (Å²) in [6.45, 7) is 5.29. The van der Waals surface area contributed by atoms with Gasteiger partial charge in [0.15, 0.2) is 0 Å². The van der Waals surface area contributed by atoms with Crippen LogP contribution in [-0.4, -0.2) is 25.8 Å². The molecule has 0 aromatic heterocycles. The standard InChI is InChI=1S/C14H20O4/c1-3-5-12-6-8-13(9-7-12)14(15)18-17-11-10-16-4-2/h6-9H,3-5,10-11H2,1-2H3. The summed E-state index contributed by atoms with van der Waals surface area (Å²) in [6.07, 6.45) is 2.10. The first-order chi connectivity index (χ1) is 8.77. The fraction of sp³-hybridized carbons (Fsp3) is 0.500. The SMILES string of the molecule is CCCc1ccc(C(=O)OOCCOCC)cc1. The third kappa shape index (κ3) is 5.29. The summed E-state index contributed by atoms with van der Waals surface area (Å²) in [7, 11) is 0. The Kier molecular flexibility index (Phi) is 7.06. The molecule has 1 rings (SSSR count). The first-order valence-electron chi connectivity index (χ1n) is 6.28. The van der Waals surface area contributed by atoms with Gasteiger partial charge in [-0.1, -0.05) is 25.5 Å². The van der Waals surface area contributed by atoms with Crippen molar-refractivity contribution in [2.75, 3.05) is 19.8 Å². The highest BCUT2D eigenvalue weighted by Gasteiger charge is 2.07. The molecular weight excluding hydrogens is 232 g/mol. The van der Waals surface area contributed by atoms with Gasteiger partial charge in [-0.3, -0.25) is 4.89 Å². The molecule has 0 aliphatic rings. The minimum atomic E-state index is -0.477.